The number of carbonyl (C=O) groups is 2. The number of hydrogen-bond donors (Lipinski definition) is 3. The van der Waals surface area contributed by atoms with E-state index in [0.29, 0.717) is 43.8 Å². The molecule has 0 bridgehead atoms. The monoisotopic (exact) mass is 1010 g/mol. The van der Waals surface area contributed by atoms with Crippen LogP contribution in [0.4, 0.5) is 8.78 Å². The molecular formula is C59H64BClF2N2O8. The second-order valence-electron chi connectivity index (χ2n) is 21.2. The number of benzene rings is 6. The van der Waals surface area contributed by atoms with E-state index in [1.807, 2.05) is 150 Å². The zero-order chi connectivity index (χ0) is 53.9. The van der Waals surface area contributed by atoms with Crippen molar-refractivity contribution in [1.82, 2.24) is 9.97 Å². The van der Waals surface area contributed by atoms with Gasteiger partial charge < -0.3 is 29.4 Å². The molecule has 8 rings (SSSR count). The molecule has 0 saturated heterocycles. The summed E-state index contributed by atoms with van der Waals surface area (Å²) in [5, 5.41) is 34.1. The SMILES string of the molecule is Cc1cc2ccccc2c(Cl)c1[C@@H](COC(=O)C(C)(C)C)OC(C)(C)C.Cc1ccc2ccc(F)c(-c3c([C@H](OC(C)(C)C)C(=O)O)c(C)cc4ccccc34)c2n1.Cc1ccc2ccc(F)c(B(O)O)c2n1. The molecule has 0 fully saturated rings. The van der Waals surface area contributed by atoms with Crippen LogP contribution in [0.2, 0.25) is 5.02 Å². The largest absolute Gasteiger partial charge is 0.493 e. The summed E-state index contributed by atoms with van der Waals surface area (Å²) in [7, 11) is -1.84. The number of ether oxygens (including phenoxy) is 3. The summed E-state index contributed by atoms with van der Waals surface area (Å²) >= 11 is 6.76. The van der Waals surface area contributed by atoms with E-state index in [1.165, 1.54) is 12.1 Å². The number of carboxylic acid groups (broad SMARTS) is 1. The van der Waals surface area contributed by atoms with E-state index < -0.39 is 53.5 Å². The van der Waals surface area contributed by atoms with Crippen molar-refractivity contribution in [2.75, 3.05) is 6.61 Å². The minimum atomic E-state index is -1.84. The van der Waals surface area contributed by atoms with Gasteiger partial charge in [-0.25, -0.2) is 13.6 Å². The number of rotatable bonds is 9. The van der Waals surface area contributed by atoms with Gasteiger partial charge in [-0.05, 0) is 154 Å². The van der Waals surface area contributed by atoms with Crippen LogP contribution < -0.4 is 5.46 Å². The molecule has 3 N–H and O–H groups in total. The summed E-state index contributed by atoms with van der Waals surface area (Å²) in [5.74, 6) is -2.48. The molecule has 0 saturated carbocycles. The summed E-state index contributed by atoms with van der Waals surface area (Å²) in [6.07, 6.45) is -1.70. The maximum Gasteiger partial charge on any atom is 0.493 e. The van der Waals surface area contributed by atoms with Crippen LogP contribution in [-0.4, -0.2) is 62.0 Å². The van der Waals surface area contributed by atoms with Gasteiger partial charge in [-0.15, -0.1) is 0 Å². The third-order valence-electron chi connectivity index (χ3n) is 11.7. The van der Waals surface area contributed by atoms with Crippen molar-refractivity contribution in [1.29, 1.82) is 0 Å². The molecule has 2 heterocycles. The van der Waals surface area contributed by atoms with Crippen molar-refractivity contribution < 1.29 is 47.7 Å². The van der Waals surface area contributed by atoms with Crippen LogP contribution in [0.5, 0.6) is 0 Å². The fourth-order valence-electron chi connectivity index (χ4n) is 8.54. The maximum absolute atomic E-state index is 15.6. The smallest absolute Gasteiger partial charge is 0.479 e. The Hall–Kier alpha value is -6.35. The molecule has 0 amide bonds. The van der Waals surface area contributed by atoms with Crippen LogP contribution in [0, 0.1) is 44.7 Å². The highest BCUT2D eigenvalue weighted by molar-refractivity contribution is 6.61. The lowest BCUT2D eigenvalue weighted by Crippen LogP contribution is -2.34. The zero-order valence-electron chi connectivity index (χ0n) is 43.7. The average molecular weight is 1010 g/mol. The first kappa shape index (κ1) is 56.0. The minimum absolute atomic E-state index is 0.131. The summed E-state index contributed by atoms with van der Waals surface area (Å²) in [4.78, 5) is 33.4. The van der Waals surface area contributed by atoms with Gasteiger partial charge in [0, 0.05) is 55.3 Å². The third-order valence-corrected chi connectivity index (χ3v) is 12.1. The van der Waals surface area contributed by atoms with Gasteiger partial charge in [-0.3, -0.25) is 14.8 Å². The number of fused-ring (bicyclic) bond motifs is 4. The summed E-state index contributed by atoms with van der Waals surface area (Å²) in [6, 6.07) is 32.8. The number of esters is 1. The number of carboxylic acids is 1. The molecule has 0 aliphatic carbocycles. The molecule has 382 valence electrons. The van der Waals surface area contributed by atoms with Crippen molar-refractivity contribution in [2.24, 2.45) is 5.41 Å². The first-order valence-corrected chi connectivity index (χ1v) is 24.4. The van der Waals surface area contributed by atoms with Crippen molar-refractivity contribution in [3.63, 3.8) is 0 Å². The van der Waals surface area contributed by atoms with Crippen molar-refractivity contribution in [2.45, 2.75) is 113 Å². The number of aryl methyl sites for hydroxylation is 4. The molecule has 0 radical (unpaired) electrons. The van der Waals surface area contributed by atoms with Crippen LogP contribution >= 0.6 is 11.6 Å². The normalized spacial score (nSPS) is 12.7. The van der Waals surface area contributed by atoms with Crippen molar-refractivity contribution in [3.8, 4) is 11.1 Å². The van der Waals surface area contributed by atoms with Gasteiger partial charge in [0.1, 0.15) is 24.3 Å². The number of aromatic nitrogens is 2. The molecule has 0 aliphatic heterocycles. The van der Waals surface area contributed by atoms with Crippen LogP contribution in [0.3, 0.4) is 0 Å². The molecule has 73 heavy (non-hydrogen) atoms. The van der Waals surface area contributed by atoms with Gasteiger partial charge >= 0.3 is 19.1 Å². The lowest BCUT2D eigenvalue weighted by molar-refractivity contribution is -0.162. The van der Waals surface area contributed by atoms with Gasteiger partial charge in [-0.2, -0.15) is 0 Å². The molecule has 0 aliphatic rings. The van der Waals surface area contributed by atoms with Crippen LogP contribution in [0.1, 0.15) is 108 Å². The lowest BCUT2D eigenvalue weighted by atomic mass is 9.78. The number of pyridine rings is 2. The van der Waals surface area contributed by atoms with E-state index in [1.54, 1.807) is 31.2 Å². The Bertz CT molecular complexity index is 3330. The molecule has 0 unspecified atom stereocenters. The highest BCUT2D eigenvalue weighted by Crippen LogP contribution is 2.44. The van der Waals surface area contributed by atoms with Crippen LogP contribution in [-0.2, 0) is 23.8 Å². The van der Waals surface area contributed by atoms with E-state index in [2.05, 4.69) is 16.0 Å². The first-order chi connectivity index (χ1) is 34.1. The second-order valence-corrected chi connectivity index (χ2v) is 21.5. The minimum Gasteiger partial charge on any atom is -0.479 e. The molecule has 6 aromatic carbocycles. The second kappa shape index (κ2) is 22.4. The standard InChI is InChI=1S/C27H26FNO3.C22H29ClO3.C10H9BFNO2/c1-15-14-18-8-6-7-9-19(18)22(21(15)25(26(30)31)32-27(3,4)5)23-20(28)13-12-17-11-10-16(2)29-24(17)23;1-14-12-15-10-8-9-11-16(15)19(23)18(14)17(26-22(5,6)7)13-25-20(24)21(2,3)4;1-6-2-3-7-4-5-8(12)9(11(14)15)10(7)13-6/h6-14,25H,1-5H3,(H,30,31);8-12,17H,13H2,1-7H3;2-5,14-15H,1H3/t25-;17-;/m01./s1. The number of carbonyl (C=O) groups excluding carboxylic acids is 1. The number of hydrogen-bond acceptors (Lipinski definition) is 9. The molecule has 2 atom stereocenters. The molecular weight excluding hydrogens is 949 g/mol. The van der Waals surface area contributed by atoms with E-state index in [0.717, 1.165) is 49.3 Å². The molecule has 0 spiro atoms. The first-order valence-electron chi connectivity index (χ1n) is 24.0. The van der Waals surface area contributed by atoms with E-state index >= 15 is 4.39 Å². The van der Waals surface area contributed by atoms with E-state index in [4.69, 9.17) is 35.9 Å². The predicted molar refractivity (Wildman–Crippen MR) is 289 cm³/mol. The van der Waals surface area contributed by atoms with E-state index in [9.17, 15) is 19.1 Å². The van der Waals surface area contributed by atoms with Crippen LogP contribution in [0.15, 0.2) is 109 Å². The molecule has 10 nitrogen and oxygen atoms in total. The highest BCUT2D eigenvalue weighted by atomic mass is 35.5. The number of nitrogens with zero attached hydrogens (tertiary/aromatic N) is 2. The average Bonchev–Trinajstić information content (AvgIpc) is 3.28. The maximum atomic E-state index is 15.6. The Balaban J connectivity index is 0.000000190. The Morgan fingerprint density at radius 1 is 0.616 bits per heavy atom. The fraction of sp³-hybridized carbons (Fsp3) is 0.322. The topological polar surface area (TPSA) is 148 Å². The van der Waals surface area contributed by atoms with Gasteiger partial charge in [0.2, 0.25) is 0 Å². The quantitative estimate of drug-likeness (QED) is 0.0942. The molecule has 8 aromatic rings. The van der Waals surface area contributed by atoms with Crippen molar-refractivity contribution in [3.05, 3.63) is 159 Å². The molecule has 2 aromatic heterocycles. The zero-order valence-corrected chi connectivity index (χ0v) is 44.5. The highest BCUT2D eigenvalue weighted by Gasteiger charge is 2.34. The lowest BCUT2D eigenvalue weighted by Gasteiger charge is -2.30. The Morgan fingerprint density at radius 2 is 1.10 bits per heavy atom. The summed E-state index contributed by atoms with van der Waals surface area (Å²) in [5.41, 5.74) is 4.28. The summed E-state index contributed by atoms with van der Waals surface area (Å²) < 4.78 is 46.7. The van der Waals surface area contributed by atoms with E-state index in [-0.39, 0.29) is 18.0 Å². The van der Waals surface area contributed by atoms with Crippen LogP contribution in [0.25, 0.3) is 54.5 Å². The van der Waals surface area contributed by atoms with Gasteiger partial charge in [0.15, 0.2) is 6.10 Å². The van der Waals surface area contributed by atoms with Gasteiger partial charge in [-0.1, -0.05) is 84.4 Å². The fourth-order valence-corrected chi connectivity index (χ4v) is 8.99. The third kappa shape index (κ3) is 13.4. The van der Waals surface area contributed by atoms with Gasteiger partial charge in [0.05, 0.1) is 32.7 Å². The Labute approximate surface area is 431 Å². The Kier molecular flexibility index (Phi) is 17.2. The summed E-state index contributed by atoms with van der Waals surface area (Å²) in [6.45, 7) is 24.5. The van der Waals surface area contributed by atoms with Crippen molar-refractivity contribution >= 4 is 79.5 Å². The molecule has 14 heteroatoms. The van der Waals surface area contributed by atoms with Gasteiger partial charge in [0.25, 0.3) is 0 Å². The number of halogens is 3. The predicted octanol–water partition coefficient (Wildman–Crippen LogP) is 13.4. The Morgan fingerprint density at radius 3 is 1.63 bits per heavy atom. The number of aliphatic carboxylic acids is 1.